The van der Waals surface area contributed by atoms with Crippen LogP contribution in [0, 0.1) is 6.92 Å². The van der Waals surface area contributed by atoms with E-state index >= 15 is 0 Å². The molecule has 0 saturated carbocycles. The minimum absolute atomic E-state index is 0.0588. The van der Waals surface area contributed by atoms with Gasteiger partial charge in [0.25, 0.3) is 5.91 Å². The molecule has 1 amide bonds. The standard InChI is InChI=1S/C17H25N5O3/c1-10-18-15(25-20-10)12-7-11(24-6)9-22(12)16(23)13-8-14(17(2,3)4)19-21(13)5/h8,11-12H,7,9H2,1-6H3/t11-,12-/m1/s1. The van der Waals surface area contributed by atoms with Gasteiger partial charge in [-0.2, -0.15) is 10.1 Å². The molecule has 2 aromatic heterocycles. The smallest absolute Gasteiger partial charge is 0.272 e. The molecule has 8 heteroatoms. The van der Waals surface area contributed by atoms with E-state index in [1.165, 1.54) is 0 Å². The van der Waals surface area contributed by atoms with Crippen LogP contribution >= 0.6 is 0 Å². The largest absolute Gasteiger partial charge is 0.380 e. The topological polar surface area (TPSA) is 86.3 Å². The second kappa shape index (κ2) is 6.25. The van der Waals surface area contributed by atoms with Gasteiger partial charge in [0.15, 0.2) is 5.82 Å². The van der Waals surface area contributed by atoms with Crippen molar-refractivity contribution in [2.24, 2.45) is 7.05 Å². The lowest BCUT2D eigenvalue weighted by molar-refractivity contribution is 0.0660. The Morgan fingerprint density at radius 3 is 2.64 bits per heavy atom. The van der Waals surface area contributed by atoms with Crippen LogP contribution in [0.4, 0.5) is 0 Å². The predicted molar refractivity (Wildman–Crippen MR) is 90.1 cm³/mol. The van der Waals surface area contributed by atoms with Crippen LogP contribution in [0.3, 0.4) is 0 Å². The van der Waals surface area contributed by atoms with E-state index < -0.39 is 0 Å². The Hall–Kier alpha value is -2.22. The Bertz CT molecular complexity index is 774. The van der Waals surface area contributed by atoms with Crippen LogP contribution in [0.5, 0.6) is 0 Å². The van der Waals surface area contributed by atoms with E-state index in [4.69, 9.17) is 9.26 Å². The summed E-state index contributed by atoms with van der Waals surface area (Å²) < 4.78 is 12.4. The second-order valence-electron chi connectivity index (χ2n) is 7.53. The van der Waals surface area contributed by atoms with Gasteiger partial charge in [0, 0.05) is 32.5 Å². The zero-order valence-corrected chi connectivity index (χ0v) is 15.6. The van der Waals surface area contributed by atoms with Crippen molar-refractivity contribution in [3.05, 3.63) is 29.2 Å². The predicted octanol–water partition coefficient (Wildman–Crippen LogP) is 2.01. The van der Waals surface area contributed by atoms with Crippen molar-refractivity contribution in [3.8, 4) is 0 Å². The van der Waals surface area contributed by atoms with Crippen LogP contribution in [-0.4, -0.2) is 50.5 Å². The van der Waals surface area contributed by atoms with Gasteiger partial charge < -0.3 is 14.2 Å². The number of likely N-dealkylation sites (tertiary alicyclic amines) is 1. The molecule has 3 rings (SSSR count). The van der Waals surface area contributed by atoms with Crippen molar-refractivity contribution >= 4 is 5.91 Å². The fraction of sp³-hybridized carbons (Fsp3) is 0.647. The van der Waals surface area contributed by atoms with Crippen molar-refractivity contribution in [1.29, 1.82) is 0 Å². The van der Waals surface area contributed by atoms with Gasteiger partial charge in [-0.1, -0.05) is 25.9 Å². The van der Waals surface area contributed by atoms with Gasteiger partial charge in [0.1, 0.15) is 11.7 Å². The molecular weight excluding hydrogens is 322 g/mol. The Kier molecular flexibility index (Phi) is 4.40. The summed E-state index contributed by atoms with van der Waals surface area (Å²) in [4.78, 5) is 19.2. The Balaban J connectivity index is 1.93. The number of methoxy groups -OCH3 is 1. The molecule has 3 heterocycles. The van der Waals surface area contributed by atoms with E-state index in [0.29, 0.717) is 30.4 Å². The fourth-order valence-corrected chi connectivity index (χ4v) is 3.06. The van der Waals surface area contributed by atoms with Crippen molar-refractivity contribution in [2.75, 3.05) is 13.7 Å². The maximum absolute atomic E-state index is 13.2. The number of aryl methyl sites for hydroxylation is 2. The van der Waals surface area contributed by atoms with Gasteiger partial charge in [-0.05, 0) is 13.0 Å². The minimum Gasteiger partial charge on any atom is -0.380 e. The summed E-state index contributed by atoms with van der Waals surface area (Å²) in [5.74, 6) is 0.897. The number of ether oxygens (including phenoxy) is 1. The maximum Gasteiger partial charge on any atom is 0.272 e. The van der Waals surface area contributed by atoms with Crippen molar-refractivity contribution in [2.45, 2.75) is 51.7 Å². The van der Waals surface area contributed by atoms with Gasteiger partial charge in [-0.25, -0.2) is 0 Å². The molecule has 0 spiro atoms. The number of aromatic nitrogens is 4. The van der Waals surface area contributed by atoms with E-state index in [-0.39, 0.29) is 23.5 Å². The van der Waals surface area contributed by atoms with Crippen molar-refractivity contribution < 1.29 is 14.1 Å². The summed E-state index contributed by atoms with van der Waals surface area (Å²) >= 11 is 0. The highest BCUT2D eigenvalue weighted by Gasteiger charge is 2.41. The first-order valence-corrected chi connectivity index (χ1v) is 8.39. The number of hydrogen-bond acceptors (Lipinski definition) is 6. The fourth-order valence-electron chi connectivity index (χ4n) is 3.06. The summed E-state index contributed by atoms with van der Waals surface area (Å²) in [6.07, 6.45) is 0.574. The lowest BCUT2D eigenvalue weighted by Gasteiger charge is -2.21. The van der Waals surface area contributed by atoms with Gasteiger partial charge in [0.2, 0.25) is 5.89 Å². The lowest BCUT2D eigenvalue weighted by Crippen LogP contribution is -2.33. The third kappa shape index (κ3) is 3.30. The zero-order valence-electron chi connectivity index (χ0n) is 15.6. The molecule has 2 aromatic rings. The molecule has 0 bridgehead atoms. The Morgan fingerprint density at radius 2 is 2.12 bits per heavy atom. The molecular formula is C17H25N5O3. The third-order valence-corrected chi connectivity index (χ3v) is 4.55. The quantitative estimate of drug-likeness (QED) is 0.844. The molecule has 0 unspecified atom stereocenters. The van der Waals surface area contributed by atoms with E-state index in [1.54, 1.807) is 30.7 Å². The molecule has 0 radical (unpaired) electrons. The summed E-state index contributed by atoms with van der Waals surface area (Å²) in [7, 11) is 3.44. The first-order valence-electron chi connectivity index (χ1n) is 8.39. The van der Waals surface area contributed by atoms with E-state index in [1.807, 2.05) is 6.07 Å². The van der Waals surface area contributed by atoms with Gasteiger partial charge in [-0.15, -0.1) is 0 Å². The van der Waals surface area contributed by atoms with E-state index in [0.717, 1.165) is 5.69 Å². The summed E-state index contributed by atoms with van der Waals surface area (Å²) in [5, 5.41) is 8.35. The molecule has 1 aliphatic rings. The number of carbonyl (C=O) groups is 1. The molecule has 0 aliphatic carbocycles. The summed E-state index contributed by atoms with van der Waals surface area (Å²) in [6.45, 7) is 8.47. The third-order valence-electron chi connectivity index (χ3n) is 4.55. The highest BCUT2D eigenvalue weighted by Crippen LogP contribution is 2.34. The van der Waals surface area contributed by atoms with E-state index in [9.17, 15) is 4.79 Å². The van der Waals surface area contributed by atoms with Crippen molar-refractivity contribution in [1.82, 2.24) is 24.8 Å². The highest BCUT2D eigenvalue weighted by molar-refractivity contribution is 5.93. The van der Waals surface area contributed by atoms with Gasteiger partial charge in [-0.3, -0.25) is 9.48 Å². The normalized spacial score (nSPS) is 21.1. The molecule has 1 fully saturated rings. The first kappa shape index (κ1) is 17.6. The van der Waals surface area contributed by atoms with Gasteiger partial charge in [0.05, 0.1) is 11.8 Å². The van der Waals surface area contributed by atoms with Crippen LogP contribution in [0.1, 0.15) is 61.1 Å². The summed E-state index contributed by atoms with van der Waals surface area (Å²) in [5.41, 5.74) is 1.30. The molecule has 8 nitrogen and oxygen atoms in total. The molecule has 0 aromatic carbocycles. The average molecular weight is 347 g/mol. The molecule has 1 saturated heterocycles. The van der Waals surface area contributed by atoms with Gasteiger partial charge >= 0.3 is 0 Å². The molecule has 0 N–H and O–H groups in total. The number of amides is 1. The maximum atomic E-state index is 13.2. The average Bonchev–Trinajstić information content (AvgIpc) is 3.23. The molecule has 136 valence electrons. The highest BCUT2D eigenvalue weighted by atomic mass is 16.5. The lowest BCUT2D eigenvalue weighted by atomic mass is 9.92. The van der Waals surface area contributed by atoms with Crippen LogP contribution in [0.2, 0.25) is 0 Å². The summed E-state index contributed by atoms with van der Waals surface area (Å²) in [6, 6.07) is 1.57. The second-order valence-corrected chi connectivity index (χ2v) is 7.53. The number of carbonyl (C=O) groups excluding carboxylic acids is 1. The minimum atomic E-state index is -0.286. The zero-order chi connectivity index (χ0) is 18.4. The van der Waals surface area contributed by atoms with Crippen molar-refractivity contribution in [3.63, 3.8) is 0 Å². The number of hydrogen-bond donors (Lipinski definition) is 0. The first-order chi connectivity index (χ1) is 11.7. The number of rotatable bonds is 3. The molecule has 25 heavy (non-hydrogen) atoms. The Labute approximate surface area is 147 Å². The SMILES string of the molecule is CO[C@@H]1C[C@H](c2nc(C)no2)N(C(=O)c2cc(C(C)(C)C)nn2C)C1. The van der Waals surface area contributed by atoms with Crippen LogP contribution < -0.4 is 0 Å². The van der Waals surface area contributed by atoms with Crippen LogP contribution in [0.25, 0.3) is 0 Å². The van der Waals surface area contributed by atoms with Crippen LogP contribution in [0.15, 0.2) is 10.6 Å². The Morgan fingerprint density at radius 1 is 1.40 bits per heavy atom. The van der Waals surface area contributed by atoms with Crippen LogP contribution in [-0.2, 0) is 17.2 Å². The van der Waals surface area contributed by atoms with E-state index in [2.05, 4.69) is 36.0 Å². The molecule has 2 atom stereocenters. The molecule has 1 aliphatic heterocycles. The monoisotopic (exact) mass is 347 g/mol. The number of nitrogens with zero attached hydrogens (tertiary/aromatic N) is 5.